The molecule has 0 atom stereocenters. The van der Waals surface area contributed by atoms with Gasteiger partial charge in [-0.2, -0.15) is 0 Å². The van der Waals surface area contributed by atoms with E-state index in [0.29, 0.717) is 6.54 Å². The number of thiophene rings is 1. The molecule has 1 fully saturated rings. The number of ether oxygens (including phenoxy) is 2. The molecule has 0 bridgehead atoms. The Morgan fingerprint density at radius 2 is 1.90 bits per heavy atom. The topological polar surface area (TPSA) is 58.1 Å². The second-order valence-corrected chi connectivity index (χ2v) is 7.74. The molecule has 0 aliphatic carbocycles. The molecule has 0 amide bonds. The van der Waals surface area contributed by atoms with Crippen molar-refractivity contribution in [2.45, 2.75) is 13.5 Å². The van der Waals surface area contributed by atoms with E-state index in [2.05, 4.69) is 46.7 Å². The molecule has 2 aromatic rings. The van der Waals surface area contributed by atoms with Gasteiger partial charge >= 0.3 is 0 Å². The average Bonchev–Trinajstić information content (AvgIpc) is 3.22. The van der Waals surface area contributed by atoms with E-state index in [1.54, 1.807) is 18.4 Å². The van der Waals surface area contributed by atoms with Gasteiger partial charge in [0.15, 0.2) is 5.96 Å². The molecule has 0 saturated carbocycles. The number of hydrogen-bond donors (Lipinski definition) is 2. The number of methoxy groups -OCH3 is 1. The Hall–Kier alpha value is -1.36. The molecule has 0 unspecified atom stereocenters. The van der Waals surface area contributed by atoms with Gasteiger partial charge in [0, 0.05) is 42.5 Å². The lowest BCUT2D eigenvalue weighted by Crippen LogP contribution is -2.44. The third kappa shape index (κ3) is 7.76. The zero-order valence-electron chi connectivity index (χ0n) is 17.1. The molecular weight excluding hydrogens is 499 g/mol. The fraction of sp³-hybridized carbons (Fsp3) is 0.476. The smallest absolute Gasteiger partial charge is 0.191 e. The Balaban J connectivity index is 0.00000300. The van der Waals surface area contributed by atoms with Crippen LogP contribution in [0.4, 0.5) is 0 Å². The number of guanidine groups is 1. The zero-order chi connectivity index (χ0) is 19.6. The molecule has 6 nitrogen and oxygen atoms in total. The Morgan fingerprint density at radius 1 is 1.14 bits per heavy atom. The van der Waals surface area contributed by atoms with Gasteiger partial charge in [0.2, 0.25) is 0 Å². The molecule has 29 heavy (non-hydrogen) atoms. The number of nitrogens with one attached hydrogen (secondary N) is 2. The molecular formula is C21H31IN4O2S. The monoisotopic (exact) mass is 530 g/mol. The number of halogens is 1. The van der Waals surface area contributed by atoms with Gasteiger partial charge < -0.3 is 20.1 Å². The summed E-state index contributed by atoms with van der Waals surface area (Å²) in [5.74, 6) is 1.75. The van der Waals surface area contributed by atoms with Gasteiger partial charge in [-0.05, 0) is 48.9 Å². The van der Waals surface area contributed by atoms with Crippen LogP contribution in [0.5, 0.6) is 5.75 Å². The average molecular weight is 530 g/mol. The number of benzene rings is 1. The summed E-state index contributed by atoms with van der Waals surface area (Å²) in [6.45, 7) is 9.20. The van der Waals surface area contributed by atoms with Crippen LogP contribution in [0.3, 0.4) is 0 Å². The predicted octanol–water partition coefficient (Wildman–Crippen LogP) is 3.43. The molecule has 0 radical (unpaired) electrons. The van der Waals surface area contributed by atoms with Gasteiger partial charge in [-0.3, -0.25) is 4.90 Å². The SMILES string of the molecule is CCNC(=NCc1ccc(-c2ccc(OC)cc2)s1)NCCN1CCOCC1.I. The second-order valence-electron chi connectivity index (χ2n) is 6.57. The van der Waals surface area contributed by atoms with Crippen LogP contribution in [-0.4, -0.2) is 63.9 Å². The molecule has 0 spiro atoms. The van der Waals surface area contributed by atoms with E-state index in [9.17, 15) is 0 Å². The highest BCUT2D eigenvalue weighted by atomic mass is 127. The first-order valence-corrected chi connectivity index (χ1v) is 10.7. The van der Waals surface area contributed by atoms with Crippen LogP contribution in [-0.2, 0) is 11.3 Å². The highest BCUT2D eigenvalue weighted by molar-refractivity contribution is 14.0. The number of nitrogens with zero attached hydrogens (tertiary/aromatic N) is 2. The summed E-state index contributed by atoms with van der Waals surface area (Å²) < 4.78 is 10.6. The minimum absolute atomic E-state index is 0. The maximum absolute atomic E-state index is 5.40. The molecule has 1 aromatic carbocycles. The standard InChI is InChI=1S/C21H30N4O2S.HI/c1-3-22-21(23-10-11-25-12-14-27-15-13-25)24-16-19-8-9-20(28-19)17-4-6-18(26-2)7-5-17;/h4-9H,3,10-16H2,1-2H3,(H2,22,23,24);1H. The van der Waals surface area contributed by atoms with E-state index < -0.39 is 0 Å². The lowest BCUT2D eigenvalue weighted by atomic mass is 10.2. The van der Waals surface area contributed by atoms with Crippen molar-refractivity contribution in [3.8, 4) is 16.2 Å². The largest absolute Gasteiger partial charge is 0.497 e. The van der Waals surface area contributed by atoms with Crippen LogP contribution >= 0.6 is 35.3 Å². The molecule has 2 heterocycles. The van der Waals surface area contributed by atoms with E-state index in [4.69, 9.17) is 14.5 Å². The van der Waals surface area contributed by atoms with Crippen molar-refractivity contribution in [1.29, 1.82) is 0 Å². The first-order chi connectivity index (χ1) is 13.8. The van der Waals surface area contributed by atoms with E-state index in [0.717, 1.165) is 57.6 Å². The van der Waals surface area contributed by atoms with Crippen LogP contribution in [0.2, 0.25) is 0 Å². The summed E-state index contributed by atoms with van der Waals surface area (Å²) in [4.78, 5) is 9.65. The molecule has 2 N–H and O–H groups in total. The first-order valence-electron chi connectivity index (χ1n) is 9.84. The second kappa shape index (κ2) is 13.0. The van der Waals surface area contributed by atoms with Crippen molar-refractivity contribution in [3.05, 3.63) is 41.3 Å². The lowest BCUT2D eigenvalue weighted by Gasteiger charge is -2.26. The van der Waals surface area contributed by atoms with Crippen molar-refractivity contribution in [2.75, 3.05) is 53.0 Å². The maximum atomic E-state index is 5.40. The number of morpholine rings is 1. The highest BCUT2D eigenvalue weighted by Gasteiger charge is 2.10. The van der Waals surface area contributed by atoms with Crippen molar-refractivity contribution < 1.29 is 9.47 Å². The van der Waals surface area contributed by atoms with Crippen LogP contribution in [0.1, 0.15) is 11.8 Å². The van der Waals surface area contributed by atoms with Crippen LogP contribution < -0.4 is 15.4 Å². The summed E-state index contributed by atoms with van der Waals surface area (Å²) >= 11 is 1.78. The molecule has 1 saturated heterocycles. The fourth-order valence-corrected chi connectivity index (χ4v) is 3.97. The Kier molecular flexibility index (Phi) is 10.8. The fourth-order valence-electron chi connectivity index (χ4n) is 3.03. The van der Waals surface area contributed by atoms with E-state index >= 15 is 0 Å². The van der Waals surface area contributed by atoms with Gasteiger partial charge in [0.05, 0.1) is 26.9 Å². The van der Waals surface area contributed by atoms with Crippen molar-refractivity contribution in [3.63, 3.8) is 0 Å². The number of hydrogen-bond acceptors (Lipinski definition) is 5. The third-order valence-corrected chi connectivity index (χ3v) is 5.72. The molecule has 1 aliphatic heterocycles. The minimum atomic E-state index is 0. The van der Waals surface area contributed by atoms with Gasteiger partial charge in [-0.25, -0.2) is 4.99 Å². The van der Waals surface area contributed by atoms with E-state index in [1.165, 1.54) is 15.3 Å². The molecule has 1 aromatic heterocycles. The summed E-state index contributed by atoms with van der Waals surface area (Å²) in [6, 6.07) is 12.5. The summed E-state index contributed by atoms with van der Waals surface area (Å²) in [6.07, 6.45) is 0. The van der Waals surface area contributed by atoms with Crippen LogP contribution in [0, 0.1) is 0 Å². The third-order valence-electron chi connectivity index (χ3n) is 4.60. The molecule has 1 aliphatic rings. The number of aliphatic imine (C=N–C) groups is 1. The van der Waals surface area contributed by atoms with Crippen molar-refractivity contribution >= 4 is 41.3 Å². The van der Waals surface area contributed by atoms with E-state index in [1.807, 2.05) is 12.1 Å². The Bertz CT molecular complexity index is 745. The minimum Gasteiger partial charge on any atom is -0.497 e. The maximum Gasteiger partial charge on any atom is 0.191 e. The lowest BCUT2D eigenvalue weighted by molar-refractivity contribution is 0.0389. The van der Waals surface area contributed by atoms with Gasteiger partial charge in [-0.1, -0.05) is 0 Å². The summed E-state index contributed by atoms with van der Waals surface area (Å²) in [7, 11) is 1.69. The van der Waals surface area contributed by atoms with Gasteiger partial charge in [-0.15, -0.1) is 35.3 Å². The van der Waals surface area contributed by atoms with E-state index in [-0.39, 0.29) is 24.0 Å². The summed E-state index contributed by atoms with van der Waals surface area (Å²) in [5, 5.41) is 6.76. The van der Waals surface area contributed by atoms with Crippen LogP contribution in [0.25, 0.3) is 10.4 Å². The van der Waals surface area contributed by atoms with Crippen molar-refractivity contribution in [2.24, 2.45) is 4.99 Å². The van der Waals surface area contributed by atoms with Gasteiger partial charge in [0.25, 0.3) is 0 Å². The molecule has 8 heteroatoms. The normalized spacial score (nSPS) is 14.9. The molecule has 160 valence electrons. The Morgan fingerprint density at radius 3 is 2.59 bits per heavy atom. The highest BCUT2D eigenvalue weighted by Crippen LogP contribution is 2.29. The zero-order valence-corrected chi connectivity index (χ0v) is 20.3. The predicted molar refractivity (Wildman–Crippen MR) is 132 cm³/mol. The van der Waals surface area contributed by atoms with Crippen molar-refractivity contribution in [1.82, 2.24) is 15.5 Å². The Labute approximate surface area is 194 Å². The summed E-state index contributed by atoms with van der Waals surface area (Å²) in [5.41, 5.74) is 1.21. The first kappa shape index (κ1) is 23.9. The van der Waals surface area contributed by atoms with Crippen LogP contribution in [0.15, 0.2) is 41.4 Å². The number of rotatable bonds is 8. The molecule has 3 rings (SSSR count). The quantitative estimate of drug-likeness (QED) is 0.311. The van der Waals surface area contributed by atoms with Gasteiger partial charge in [0.1, 0.15) is 5.75 Å².